The van der Waals surface area contributed by atoms with E-state index in [1.165, 1.54) is 0 Å². The number of amidine groups is 1. The van der Waals surface area contributed by atoms with Gasteiger partial charge in [-0.05, 0) is 39.7 Å². The van der Waals surface area contributed by atoms with Gasteiger partial charge in [-0.25, -0.2) is 0 Å². The van der Waals surface area contributed by atoms with Crippen LogP contribution >= 0.6 is 11.8 Å². The number of hydrogen-bond acceptors (Lipinski definition) is 6. The summed E-state index contributed by atoms with van der Waals surface area (Å²) in [6, 6.07) is 4.09. The first kappa shape index (κ1) is 17.4. The maximum absolute atomic E-state index is 5.61. The fraction of sp³-hybridized carbons (Fsp3) is 0.500. The van der Waals surface area contributed by atoms with E-state index in [4.69, 9.17) is 9.26 Å². The second kappa shape index (κ2) is 7.28. The molecular weight excluding hydrogens is 350 g/mol. The molecule has 138 valence electrons. The normalized spacial score (nSPS) is 21.9. The lowest BCUT2D eigenvalue weighted by molar-refractivity contribution is 0.118. The van der Waals surface area contributed by atoms with Crippen LogP contribution in [-0.4, -0.2) is 45.6 Å². The highest BCUT2D eigenvalue weighted by Gasteiger charge is 2.21. The molecule has 1 atom stereocenters. The molecule has 2 aliphatic heterocycles. The van der Waals surface area contributed by atoms with Crippen LogP contribution in [0.1, 0.15) is 35.6 Å². The lowest BCUT2D eigenvalue weighted by atomic mass is 10.1. The lowest BCUT2D eigenvalue weighted by Gasteiger charge is -2.15. The number of thioether (sulfide) groups is 1. The Bertz CT molecular complexity index is 861. The number of nitrogens with one attached hydrogen (secondary N) is 1. The van der Waals surface area contributed by atoms with Crippen LogP contribution < -0.4 is 5.43 Å². The van der Waals surface area contributed by atoms with E-state index in [-0.39, 0.29) is 6.10 Å². The first-order chi connectivity index (χ1) is 12.6. The van der Waals surface area contributed by atoms with Gasteiger partial charge in [-0.2, -0.15) is 5.10 Å². The fourth-order valence-corrected chi connectivity index (χ4v) is 4.14. The molecule has 1 fully saturated rings. The zero-order valence-corrected chi connectivity index (χ0v) is 16.1. The molecule has 0 radical (unpaired) electrons. The molecule has 26 heavy (non-hydrogen) atoms. The van der Waals surface area contributed by atoms with Crippen molar-refractivity contribution in [2.24, 2.45) is 10.1 Å². The number of aryl methyl sites for hydroxylation is 2. The maximum atomic E-state index is 5.61. The maximum Gasteiger partial charge on any atom is 0.180 e. The minimum atomic E-state index is 0.264. The van der Waals surface area contributed by atoms with Gasteiger partial charge < -0.3 is 9.26 Å². The van der Waals surface area contributed by atoms with Crippen molar-refractivity contribution in [3.05, 3.63) is 34.8 Å². The quantitative estimate of drug-likeness (QED) is 0.892. The van der Waals surface area contributed by atoms with Crippen LogP contribution in [0.4, 0.5) is 0 Å². The summed E-state index contributed by atoms with van der Waals surface area (Å²) in [5, 5.41) is 9.56. The van der Waals surface area contributed by atoms with Crippen molar-refractivity contribution in [3.8, 4) is 5.82 Å². The van der Waals surface area contributed by atoms with Crippen molar-refractivity contribution in [2.75, 3.05) is 18.9 Å². The Balaban J connectivity index is 1.51. The van der Waals surface area contributed by atoms with Crippen LogP contribution in [0.5, 0.6) is 0 Å². The topological polar surface area (TPSA) is 76.9 Å². The molecular formula is C18H23N5O2S. The number of hydrazone groups is 1. The van der Waals surface area contributed by atoms with E-state index in [1.54, 1.807) is 11.8 Å². The fourth-order valence-electron chi connectivity index (χ4n) is 3.37. The van der Waals surface area contributed by atoms with Crippen molar-refractivity contribution < 1.29 is 9.26 Å². The summed E-state index contributed by atoms with van der Waals surface area (Å²) in [4.78, 5) is 4.60. The van der Waals surface area contributed by atoms with Gasteiger partial charge in [0.15, 0.2) is 11.0 Å². The highest BCUT2D eigenvalue weighted by atomic mass is 32.2. The lowest BCUT2D eigenvalue weighted by Crippen LogP contribution is -2.26. The minimum absolute atomic E-state index is 0.264. The summed E-state index contributed by atoms with van der Waals surface area (Å²) < 4.78 is 12.9. The van der Waals surface area contributed by atoms with Gasteiger partial charge in [0, 0.05) is 35.4 Å². The number of aromatic nitrogens is 2. The summed E-state index contributed by atoms with van der Waals surface area (Å²) in [7, 11) is 0. The summed E-state index contributed by atoms with van der Waals surface area (Å²) in [6.07, 6.45) is 2.50. The summed E-state index contributed by atoms with van der Waals surface area (Å²) in [6.45, 7) is 7.62. The smallest absolute Gasteiger partial charge is 0.180 e. The van der Waals surface area contributed by atoms with E-state index < -0.39 is 0 Å². The van der Waals surface area contributed by atoms with E-state index in [2.05, 4.69) is 45.2 Å². The van der Waals surface area contributed by atoms with Crippen molar-refractivity contribution in [3.63, 3.8) is 0 Å². The number of aliphatic imine (C=N–C) groups is 1. The second-order valence-corrected chi connectivity index (χ2v) is 7.62. The van der Waals surface area contributed by atoms with Gasteiger partial charge in [-0.3, -0.25) is 15.0 Å². The second-order valence-electron chi connectivity index (χ2n) is 6.66. The van der Waals surface area contributed by atoms with Gasteiger partial charge in [0.25, 0.3) is 0 Å². The molecule has 0 amide bonds. The van der Waals surface area contributed by atoms with Crippen LogP contribution in [0, 0.1) is 20.8 Å². The van der Waals surface area contributed by atoms with Crippen LogP contribution in [0.2, 0.25) is 0 Å². The van der Waals surface area contributed by atoms with E-state index in [9.17, 15) is 0 Å². The molecule has 4 heterocycles. The Morgan fingerprint density at radius 3 is 2.88 bits per heavy atom. The highest BCUT2D eigenvalue weighted by molar-refractivity contribution is 8.14. The summed E-state index contributed by atoms with van der Waals surface area (Å²) >= 11 is 1.68. The van der Waals surface area contributed by atoms with Crippen molar-refractivity contribution in [2.45, 2.75) is 39.7 Å². The molecule has 2 aliphatic rings. The predicted molar refractivity (Wildman–Crippen MR) is 103 cm³/mol. The molecule has 1 N–H and O–H groups in total. The van der Waals surface area contributed by atoms with E-state index in [0.717, 1.165) is 64.6 Å². The molecule has 0 aliphatic carbocycles. The van der Waals surface area contributed by atoms with Crippen LogP contribution in [0.25, 0.3) is 5.82 Å². The predicted octanol–water partition coefficient (Wildman–Crippen LogP) is 2.97. The Morgan fingerprint density at radius 1 is 1.35 bits per heavy atom. The zero-order valence-electron chi connectivity index (χ0n) is 15.3. The molecule has 0 saturated carbocycles. The molecule has 0 spiro atoms. The van der Waals surface area contributed by atoms with Gasteiger partial charge >= 0.3 is 0 Å². The Labute approximate surface area is 156 Å². The Kier molecular flexibility index (Phi) is 4.86. The molecule has 0 unspecified atom stereocenters. The van der Waals surface area contributed by atoms with Crippen molar-refractivity contribution >= 4 is 22.6 Å². The van der Waals surface area contributed by atoms with Crippen molar-refractivity contribution in [1.82, 2.24) is 15.1 Å². The highest BCUT2D eigenvalue weighted by Crippen LogP contribution is 2.24. The molecule has 4 rings (SSSR count). The average Bonchev–Trinajstić information content (AvgIpc) is 3.35. The largest absolute Gasteiger partial charge is 0.376 e. The monoisotopic (exact) mass is 373 g/mol. The standard InChI is InChI=1S/C18H23N5O2S/c1-11-7-15(13(3)23(11)17-8-12(2)25-22-17)16-10-26-18(21-20-16)19-9-14-5-4-6-24-14/h7-8,14H,4-6,9-10H2,1-3H3,(H,19,21)/t14-/m1/s1. The van der Waals surface area contributed by atoms with Crippen molar-refractivity contribution in [1.29, 1.82) is 0 Å². The van der Waals surface area contributed by atoms with Crippen LogP contribution in [-0.2, 0) is 4.74 Å². The van der Waals surface area contributed by atoms with Gasteiger partial charge in [0.05, 0.1) is 18.4 Å². The average molecular weight is 373 g/mol. The third kappa shape index (κ3) is 3.43. The van der Waals surface area contributed by atoms with E-state index in [1.807, 2.05) is 13.0 Å². The Hall–Kier alpha value is -2.06. The summed E-state index contributed by atoms with van der Waals surface area (Å²) in [5.74, 6) is 2.40. The molecule has 8 heteroatoms. The van der Waals surface area contributed by atoms with E-state index in [0.29, 0.717) is 6.54 Å². The molecule has 7 nitrogen and oxygen atoms in total. The third-order valence-corrected chi connectivity index (χ3v) is 5.59. The number of ether oxygens (including phenoxy) is 1. The molecule has 2 aromatic rings. The van der Waals surface area contributed by atoms with Gasteiger partial charge in [-0.15, -0.1) is 0 Å². The number of hydrogen-bond donors (Lipinski definition) is 1. The van der Waals surface area contributed by atoms with Crippen LogP contribution in [0.3, 0.4) is 0 Å². The molecule has 1 saturated heterocycles. The third-order valence-electron chi connectivity index (χ3n) is 4.68. The van der Waals surface area contributed by atoms with Crippen LogP contribution in [0.15, 0.2) is 26.7 Å². The molecule has 2 aromatic heterocycles. The molecule has 0 bridgehead atoms. The first-order valence-electron chi connectivity index (χ1n) is 8.86. The SMILES string of the molecule is Cc1cc(-n2c(C)cc(C3=NNC(=NC[C@H]4CCCO4)SC3)c2C)no1. The van der Waals surface area contributed by atoms with Gasteiger partial charge in [0.2, 0.25) is 0 Å². The minimum Gasteiger partial charge on any atom is -0.376 e. The van der Waals surface area contributed by atoms with E-state index >= 15 is 0 Å². The number of nitrogens with zero attached hydrogens (tertiary/aromatic N) is 4. The summed E-state index contributed by atoms with van der Waals surface area (Å²) in [5.41, 5.74) is 7.45. The van der Waals surface area contributed by atoms with Gasteiger partial charge in [0.1, 0.15) is 5.76 Å². The van der Waals surface area contributed by atoms with Gasteiger partial charge in [-0.1, -0.05) is 16.9 Å². The molecule has 0 aromatic carbocycles. The Morgan fingerprint density at radius 2 is 2.23 bits per heavy atom. The first-order valence-corrected chi connectivity index (χ1v) is 9.85. The zero-order chi connectivity index (χ0) is 18.1. The number of rotatable bonds is 4.